The number of benzene rings is 2. The number of anilines is 1. The van der Waals surface area contributed by atoms with E-state index in [-0.39, 0.29) is 12.4 Å². The van der Waals surface area contributed by atoms with Crippen LogP contribution in [0.2, 0.25) is 0 Å². The van der Waals surface area contributed by atoms with Crippen LogP contribution in [0.25, 0.3) is 27.4 Å². The standard InChI is InChI=1S/C21H15F2N7O2S/c22-20(23)29-16-5-2-1-4-15(16)25-19(29)13-7-9-14(10-8-13)24-17(31)12-28-21(32)30(27-26-28)18-6-3-11-33-18/h1-11,20H,12H2,(H,24,31). The van der Waals surface area contributed by atoms with Crippen LogP contribution in [0.5, 0.6) is 0 Å². The zero-order valence-corrected chi connectivity index (χ0v) is 17.6. The number of para-hydroxylation sites is 2. The highest BCUT2D eigenvalue weighted by Crippen LogP contribution is 2.30. The number of fused-ring (bicyclic) bond motifs is 1. The molecule has 0 bridgehead atoms. The first kappa shape index (κ1) is 20.7. The van der Waals surface area contributed by atoms with Gasteiger partial charge in [-0.3, -0.25) is 9.36 Å². The molecule has 5 rings (SSSR count). The van der Waals surface area contributed by atoms with E-state index < -0.39 is 18.1 Å². The summed E-state index contributed by atoms with van der Waals surface area (Å²) in [5.74, 6) is -0.358. The number of alkyl halides is 2. The van der Waals surface area contributed by atoms with Gasteiger partial charge in [-0.05, 0) is 64.3 Å². The second-order valence-electron chi connectivity index (χ2n) is 6.98. The van der Waals surface area contributed by atoms with Gasteiger partial charge in [0.25, 0.3) is 0 Å². The number of hydrogen-bond donors (Lipinski definition) is 1. The van der Waals surface area contributed by atoms with E-state index in [1.54, 1.807) is 66.0 Å². The van der Waals surface area contributed by atoms with Crippen molar-refractivity contribution in [3.8, 4) is 16.4 Å². The van der Waals surface area contributed by atoms with Crippen LogP contribution in [0.3, 0.4) is 0 Å². The number of thiophene rings is 1. The number of tetrazole rings is 1. The van der Waals surface area contributed by atoms with Gasteiger partial charge in [-0.2, -0.15) is 18.1 Å². The maximum absolute atomic E-state index is 13.7. The smallest absolute Gasteiger partial charge is 0.324 e. The zero-order chi connectivity index (χ0) is 22.9. The van der Waals surface area contributed by atoms with Gasteiger partial charge in [0.2, 0.25) is 5.91 Å². The lowest BCUT2D eigenvalue weighted by Crippen LogP contribution is -2.29. The Bertz CT molecular complexity index is 1490. The molecule has 33 heavy (non-hydrogen) atoms. The molecule has 3 heterocycles. The summed E-state index contributed by atoms with van der Waals surface area (Å²) in [6.07, 6.45) is 0. The molecule has 0 radical (unpaired) electrons. The lowest BCUT2D eigenvalue weighted by Gasteiger charge is -2.09. The molecular weight excluding hydrogens is 452 g/mol. The Labute approximate surface area is 188 Å². The van der Waals surface area contributed by atoms with Crippen LogP contribution in [-0.4, -0.2) is 35.2 Å². The third-order valence-corrected chi connectivity index (χ3v) is 5.71. The third kappa shape index (κ3) is 3.91. The van der Waals surface area contributed by atoms with Crippen LogP contribution in [0.15, 0.2) is 70.8 Å². The minimum Gasteiger partial charge on any atom is -0.324 e. The Balaban J connectivity index is 1.33. The van der Waals surface area contributed by atoms with Gasteiger partial charge in [-0.25, -0.2) is 9.78 Å². The number of carbonyl (C=O) groups is 1. The number of nitrogens with zero attached hydrogens (tertiary/aromatic N) is 6. The van der Waals surface area contributed by atoms with E-state index in [1.165, 1.54) is 11.3 Å². The molecule has 0 aliphatic heterocycles. The quantitative estimate of drug-likeness (QED) is 0.412. The van der Waals surface area contributed by atoms with Crippen LogP contribution in [-0.2, 0) is 11.3 Å². The maximum atomic E-state index is 13.7. The van der Waals surface area contributed by atoms with E-state index >= 15 is 0 Å². The van der Waals surface area contributed by atoms with Crippen molar-refractivity contribution in [3.05, 3.63) is 76.5 Å². The Morgan fingerprint density at radius 2 is 1.82 bits per heavy atom. The average Bonchev–Trinajstić information content (AvgIpc) is 3.53. The molecule has 5 aromatic rings. The van der Waals surface area contributed by atoms with Gasteiger partial charge < -0.3 is 5.32 Å². The number of hydrogen-bond acceptors (Lipinski definition) is 6. The predicted octanol–water partition coefficient (Wildman–Crippen LogP) is 3.54. The van der Waals surface area contributed by atoms with Crippen LogP contribution >= 0.6 is 11.3 Å². The van der Waals surface area contributed by atoms with Crippen LogP contribution in [0, 0.1) is 0 Å². The number of amides is 1. The van der Waals surface area contributed by atoms with Crippen molar-refractivity contribution in [1.29, 1.82) is 0 Å². The predicted molar refractivity (Wildman–Crippen MR) is 119 cm³/mol. The number of aromatic nitrogens is 6. The van der Waals surface area contributed by atoms with Crippen LogP contribution in [0.4, 0.5) is 14.5 Å². The maximum Gasteiger partial charge on any atom is 0.369 e. The SMILES string of the molecule is O=C(Cn1nnn(-c2cccs2)c1=O)Nc1ccc(-c2nc3ccccc3n2C(F)F)cc1. The molecule has 0 fully saturated rings. The molecule has 9 nitrogen and oxygen atoms in total. The first-order valence-electron chi connectivity index (χ1n) is 9.73. The molecule has 1 amide bonds. The third-order valence-electron chi connectivity index (χ3n) is 4.87. The van der Waals surface area contributed by atoms with Gasteiger partial charge in [0.15, 0.2) is 0 Å². The summed E-state index contributed by atoms with van der Waals surface area (Å²) in [5.41, 5.74) is 1.17. The van der Waals surface area contributed by atoms with Crippen LogP contribution in [0.1, 0.15) is 6.55 Å². The van der Waals surface area contributed by atoms with Gasteiger partial charge in [-0.15, -0.1) is 11.3 Å². The summed E-state index contributed by atoms with van der Waals surface area (Å²) in [4.78, 5) is 29.1. The Hall–Kier alpha value is -4.19. The van der Waals surface area contributed by atoms with Crippen molar-refractivity contribution in [3.63, 3.8) is 0 Å². The van der Waals surface area contributed by atoms with E-state index in [2.05, 4.69) is 20.7 Å². The number of halogens is 2. The summed E-state index contributed by atoms with van der Waals surface area (Å²) in [6, 6.07) is 16.5. The summed E-state index contributed by atoms with van der Waals surface area (Å²) < 4.78 is 30.3. The molecule has 0 unspecified atom stereocenters. The number of imidazole rings is 1. The van der Waals surface area contributed by atoms with Gasteiger partial charge in [0, 0.05) is 11.3 Å². The highest BCUT2D eigenvalue weighted by molar-refractivity contribution is 7.12. The van der Waals surface area contributed by atoms with E-state index in [0.717, 1.165) is 13.9 Å². The molecule has 166 valence electrons. The van der Waals surface area contributed by atoms with E-state index in [0.29, 0.717) is 27.3 Å². The summed E-state index contributed by atoms with van der Waals surface area (Å²) in [5, 5.41) is 12.6. The van der Waals surface area contributed by atoms with Crippen LogP contribution < -0.4 is 11.0 Å². The highest BCUT2D eigenvalue weighted by atomic mass is 32.1. The topological polar surface area (TPSA) is 99.6 Å². The van der Waals surface area contributed by atoms with E-state index in [9.17, 15) is 18.4 Å². The monoisotopic (exact) mass is 467 g/mol. The highest BCUT2D eigenvalue weighted by Gasteiger charge is 2.19. The second kappa shape index (κ2) is 8.39. The van der Waals surface area contributed by atoms with Gasteiger partial charge >= 0.3 is 12.2 Å². The van der Waals surface area contributed by atoms with E-state index in [4.69, 9.17) is 0 Å². The molecule has 0 aliphatic rings. The fraction of sp³-hybridized carbons (Fsp3) is 0.0952. The summed E-state index contributed by atoms with van der Waals surface area (Å²) in [6.45, 7) is -3.08. The van der Waals surface area contributed by atoms with Crippen molar-refractivity contribution >= 4 is 34.0 Å². The Morgan fingerprint density at radius 3 is 2.55 bits per heavy atom. The van der Waals surface area contributed by atoms with Crippen molar-refractivity contribution in [1.82, 2.24) is 29.3 Å². The minimum atomic E-state index is -2.76. The fourth-order valence-corrected chi connectivity index (χ4v) is 4.06. The first-order chi connectivity index (χ1) is 16.0. The van der Waals surface area contributed by atoms with Crippen molar-refractivity contribution in [2.45, 2.75) is 13.1 Å². The molecular formula is C21H15F2N7O2S. The molecule has 0 atom stereocenters. The normalized spacial score (nSPS) is 11.4. The zero-order valence-electron chi connectivity index (χ0n) is 16.8. The lowest BCUT2D eigenvalue weighted by molar-refractivity contribution is -0.117. The number of nitrogens with one attached hydrogen (secondary N) is 1. The minimum absolute atomic E-state index is 0.126. The molecule has 0 aliphatic carbocycles. The molecule has 3 aromatic heterocycles. The van der Waals surface area contributed by atoms with Crippen molar-refractivity contribution < 1.29 is 13.6 Å². The summed E-state index contributed by atoms with van der Waals surface area (Å²) in [7, 11) is 0. The molecule has 0 saturated carbocycles. The number of rotatable bonds is 6. The lowest BCUT2D eigenvalue weighted by atomic mass is 10.2. The Morgan fingerprint density at radius 1 is 1.03 bits per heavy atom. The molecule has 12 heteroatoms. The van der Waals surface area contributed by atoms with E-state index in [1.807, 2.05) is 0 Å². The van der Waals surface area contributed by atoms with Gasteiger partial charge in [-0.1, -0.05) is 12.1 Å². The second-order valence-corrected chi connectivity index (χ2v) is 7.91. The van der Waals surface area contributed by atoms with Gasteiger partial charge in [0.1, 0.15) is 17.4 Å². The van der Waals surface area contributed by atoms with Gasteiger partial charge in [0.05, 0.1) is 11.0 Å². The number of carbonyl (C=O) groups excluding carboxylic acids is 1. The summed E-state index contributed by atoms with van der Waals surface area (Å²) >= 11 is 1.32. The van der Waals surface area contributed by atoms with Crippen molar-refractivity contribution in [2.24, 2.45) is 0 Å². The largest absolute Gasteiger partial charge is 0.369 e. The van der Waals surface area contributed by atoms with Crippen molar-refractivity contribution in [2.75, 3.05) is 5.32 Å². The Kier molecular flexibility index (Phi) is 5.26. The molecule has 2 aromatic carbocycles. The molecule has 0 saturated heterocycles. The molecule has 1 N–H and O–H groups in total. The first-order valence-corrected chi connectivity index (χ1v) is 10.6. The molecule has 0 spiro atoms. The average molecular weight is 467 g/mol. The fourth-order valence-electron chi connectivity index (χ4n) is 3.39.